The average molecular weight is 392 g/mol. The van der Waals surface area contributed by atoms with Crippen LogP contribution >= 0.6 is 0 Å². The summed E-state index contributed by atoms with van der Waals surface area (Å²) in [6, 6.07) is 12.7. The van der Waals surface area contributed by atoms with Gasteiger partial charge in [0.25, 0.3) is 5.56 Å². The standard InChI is InChI=1S/C20H16N4O5/c1-11(17-21-22-18(29-17)12-7-9-13(28-2)10-8-12)24-19(25)15-6-4-3-5-14(15)16(23-24)20(26)27/h3-11H,1-2H3,(H,26,27). The van der Waals surface area contributed by atoms with Gasteiger partial charge in [0.15, 0.2) is 5.69 Å². The van der Waals surface area contributed by atoms with Gasteiger partial charge in [-0.2, -0.15) is 5.10 Å². The van der Waals surface area contributed by atoms with Crippen LogP contribution in [0.25, 0.3) is 22.2 Å². The van der Waals surface area contributed by atoms with Crippen molar-refractivity contribution in [1.29, 1.82) is 0 Å². The smallest absolute Gasteiger partial charge is 0.357 e. The number of nitrogens with zero attached hydrogens (tertiary/aromatic N) is 4. The van der Waals surface area contributed by atoms with Gasteiger partial charge in [-0.15, -0.1) is 10.2 Å². The number of ether oxygens (including phenoxy) is 1. The number of hydrogen-bond donors (Lipinski definition) is 1. The summed E-state index contributed by atoms with van der Waals surface area (Å²) in [5.41, 5.74) is 0.0195. The molecule has 146 valence electrons. The molecule has 2 heterocycles. The fraction of sp³-hybridized carbons (Fsp3) is 0.150. The molecule has 0 fully saturated rings. The van der Waals surface area contributed by atoms with Crippen LogP contribution in [0.4, 0.5) is 0 Å². The minimum atomic E-state index is -1.23. The second-order valence-corrected chi connectivity index (χ2v) is 6.30. The normalized spacial score (nSPS) is 12.1. The van der Waals surface area contributed by atoms with Gasteiger partial charge < -0.3 is 14.3 Å². The van der Waals surface area contributed by atoms with Crippen molar-refractivity contribution in [1.82, 2.24) is 20.0 Å². The molecule has 0 aliphatic heterocycles. The number of carboxylic acids is 1. The fourth-order valence-electron chi connectivity index (χ4n) is 2.99. The van der Waals surface area contributed by atoms with Gasteiger partial charge in [0.1, 0.15) is 11.8 Å². The van der Waals surface area contributed by atoms with Crippen LogP contribution in [0.1, 0.15) is 29.3 Å². The van der Waals surface area contributed by atoms with E-state index >= 15 is 0 Å². The van der Waals surface area contributed by atoms with Crippen molar-refractivity contribution < 1.29 is 19.1 Å². The van der Waals surface area contributed by atoms with E-state index in [9.17, 15) is 14.7 Å². The zero-order chi connectivity index (χ0) is 20.5. The number of rotatable bonds is 5. The van der Waals surface area contributed by atoms with E-state index in [2.05, 4.69) is 15.3 Å². The van der Waals surface area contributed by atoms with E-state index in [1.165, 1.54) is 0 Å². The number of aromatic carboxylic acids is 1. The molecule has 0 saturated heterocycles. The predicted molar refractivity (Wildman–Crippen MR) is 103 cm³/mol. The van der Waals surface area contributed by atoms with E-state index in [-0.39, 0.29) is 28.2 Å². The molecule has 0 saturated carbocycles. The van der Waals surface area contributed by atoms with E-state index in [4.69, 9.17) is 9.15 Å². The van der Waals surface area contributed by atoms with Gasteiger partial charge in [0, 0.05) is 10.9 Å². The average Bonchev–Trinajstić information content (AvgIpc) is 3.24. The summed E-state index contributed by atoms with van der Waals surface area (Å²) in [6.07, 6.45) is 0. The van der Waals surface area contributed by atoms with E-state index < -0.39 is 17.6 Å². The van der Waals surface area contributed by atoms with Crippen molar-refractivity contribution in [3.05, 3.63) is 70.5 Å². The van der Waals surface area contributed by atoms with E-state index in [0.29, 0.717) is 11.3 Å². The lowest BCUT2D eigenvalue weighted by Gasteiger charge is -2.12. The minimum absolute atomic E-state index is 0.136. The summed E-state index contributed by atoms with van der Waals surface area (Å²) < 4.78 is 11.9. The number of carboxylic acid groups (broad SMARTS) is 1. The van der Waals surface area contributed by atoms with Crippen LogP contribution in [-0.4, -0.2) is 38.2 Å². The molecule has 4 aromatic rings. The first-order valence-corrected chi connectivity index (χ1v) is 8.72. The first-order valence-electron chi connectivity index (χ1n) is 8.72. The lowest BCUT2D eigenvalue weighted by molar-refractivity contribution is 0.0689. The molecule has 2 aromatic heterocycles. The largest absolute Gasteiger partial charge is 0.497 e. The van der Waals surface area contributed by atoms with Crippen molar-refractivity contribution in [2.45, 2.75) is 13.0 Å². The molecule has 9 nitrogen and oxygen atoms in total. The summed E-state index contributed by atoms with van der Waals surface area (Å²) in [6.45, 7) is 1.64. The summed E-state index contributed by atoms with van der Waals surface area (Å²) in [4.78, 5) is 24.5. The second-order valence-electron chi connectivity index (χ2n) is 6.30. The Labute approximate surface area is 164 Å². The molecular formula is C20H16N4O5. The molecule has 2 aromatic carbocycles. The monoisotopic (exact) mass is 392 g/mol. The summed E-state index contributed by atoms with van der Waals surface area (Å²) in [5, 5.41) is 22.1. The lowest BCUT2D eigenvalue weighted by atomic mass is 10.1. The molecule has 9 heteroatoms. The molecule has 0 bridgehead atoms. The lowest BCUT2D eigenvalue weighted by Crippen LogP contribution is -2.29. The third kappa shape index (κ3) is 3.22. The highest BCUT2D eigenvalue weighted by molar-refractivity contribution is 6.01. The number of methoxy groups -OCH3 is 1. The Morgan fingerprint density at radius 1 is 1.10 bits per heavy atom. The molecule has 0 aliphatic rings. The van der Waals surface area contributed by atoms with Crippen LogP contribution in [0.5, 0.6) is 5.75 Å². The third-order valence-electron chi connectivity index (χ3n) is 4.53. The van der Waals surface area contributed by atoms with E-state index in [1.807, 2.05) is 0 Å². The zero-order valence-electron chi connectivity index (χ0n) is 15.6. The Morgan fingerprint density at radius 3 is 2.45 bits per heavy atom. The summed E-state index contributed by atoms with van der Waals surface area (Å²) >= 11 is 0. The van der Waals surface area contributed by atoms with Crippen LogP contribution in [0.15, 0.2) is 57.7 Å². The van der Waals surface area contributed by atoms with Crippen molar-refractivity contribution >= 4 is 16.7 Å². The van der Waals surface area contributed by atoms with Gasteiger partial charge in [-0.25, -0.2) is 9.48 Å². The molecule has 0 spiro atoms. The van der Waals surface area contributed by atoms with E-state index in [1.54, 1.807) is 62.6 Å². The number of benzene rings is 2. The Kier molecular flexibility index (Phi) is 4.55. The van der Waals surface area contributed by atoms with Crippen LogP contribution in [0.2, 0.25) is 0 Å². The third-order valence-corrected chi connectivity index (χ3v) is 4.53. The van der Waals surface area contributed by atoms with Crippen molar-refractivity contribution in [3.63, 3.8) is 0 Å². The molecular weight excluding hydrogens is 376 g/mol. The first kappa shape index (κ1) is 18.4. The molecule has 0 amide bonds. The number of carbonyl (C=O) groups is 1. The number of hydrogen-bond acceptors (Lipinski definition) is 7. The van der Waals surface area contributed by atoms with Crippen molar-refractivity contribution in [2.24, 2.45) is 0 Å². The first-order chi connectivity index (χ1) is 14.0. The number of fused-ring (bicyclic) bond motifs is 1. The summed E-state index contributed by atoms with van der Waals surface area (Å²) in [7, 11) is 1.57. The highest BCUT2D eigenvalue weighted by Gasteiger charge is 2.23. The van der Waals surface area contributed by atoms with E-state index in [0.717, 1.165) is 4.68 Å². The Morgan fingerprint density at radius 2 is 1.79 bits per heavy atom. The molecule has 1 N–H and O–H groups in total. The maximum absolute atomic E-state index is 12.9. The second kappa shape index (κ2) is 7.19. The van der Waals surface area contributed by atoms with Crippen LogP contribution in [0, 0.1) is 0 Å². The highest BCUT2D eigenvalue weighted by Crippen LogP contribution is 2.24. The van der Waals surface area contributed by atoms with Gasteiger partial charge in [0.2, 0.25) is 11.8 Å². The Bertz CT molecular complexity index is 1260. The summed E-state index contributed by atoms with van der Waals surface area (Å²) in [5.74, 6) is -0.139. The molecule has 1 unspecified atom stereocenters. The van der Waals surface area contributed by atoms with Gasteiger partial charge in [0.05, 0.1) is 12.5 Å². The molecule has 1 atom stereocenters. The zero-order valence-corrected chi connectivity index (χ0v) is 15.6. The topological polar surface area (TPSA) is 120 Å². The van der Waals surface area contributed by atoms with Crippen LogP contribution in [-0.2, 0) is 0 Å². The van der Waals surface area contributed by atoms with Gasteiger partial charge in [-0.05, 0) is 37.3 Å². The fourth-order valence-corrected chi connectivity index (χ4v) is 2.99. The molecule has 29 heavy (non-hydrogen) atoms. The van der Waals surface area contributed by atoms with Gasteiger partial charge >= 0.3 is 5.97 Å². The predicted octanol–water partition coefficient (Wildman–Crippen LogP) is 2.76. The van der Waals surface area contributed by atoms with Gasteiger partial charge in [-0.1, -0.05) is 18.2 Å². The van der Waals surface area contributed by atoms with Crippen LogP contribution in [0.3, 0.4) is 0 Å². The molecule has 4 rings (SSSR count). The van der Waals surface area contributed by atoms with Crippen LogP contribution < -0.4 is 10.3 Å². The SMILES string of the molecule is COc1ccc(-c2nnc(C(C)n3nc(C(=O)O)c4ccccc4c3=O)o2)cc1. The molecule has 0 aliphatic carbocycles. The maximum Gasteiger partial charge on any atom is 0.357 e. The van der Waals surface area contributed by atoms with Crippen molar-refractivity contribution in [3.8, 4) is 17.2 Å². The van der Waals surface area contributed by atoms with Gasteiger partial charge in [-0.3, -0.25) is 4.79 Å². The molecule has 0 radical (unpaired) electrons. The quantitative estimate of drug-likeness (QED) is 0.550. The minimum Gasteiger partial charge on any atom is -0.497 e. The number of aromatic nitrogens is 4. The Hall–Kier alpha value is -4.01. The Balaban J connectivity index is 1.77. The van der Waals surface area contributed by atoms with Crippen molar-refractivity contribution in [2.75, 3.05) is 7.11 Å². The highest BCUT2D eigenvalue weighted by atomic mass is 16.5. The maximum atomic E-state index is 12.9.